The molecule has 0 saturated heterocycles. The monoisotopic (exact) mass is 340 g/mol. The zero-order valence-electron chi connectivity index (χ0n) is 16.3. The fraction of sp³-hybridized carbons (Fsp3) is 0.478. The zero-order chi connectivity index (χ0) is 18.2. The molecule has 0 aromatic heterocycles. The minimum absolute atomic E-state index is 0.228. The van der Waals surface area contributed by atoms with Gasteiger partial charge in [-0.15, -0.1) is 0 Å². The van der Waals surface area contributed by atoms with Gasteiger partial charge in [-0.2, -0.15) is 0 Å². The summed E-state index contributed by atoms with van der Waals surface area (Å²) in [5, 5.41) is 0. The van der Waals surface area contributed by atoms with E-state index in [1.807, 2.05) is 19.1 Å². The molecule has 0 fully saturated rings. The van der Waals surface area contributed by atoms with E-state index >= 15 is 0 Å². The Morgan fingerprint density at radius 2 is 1.68 bits per heavy atom. The third-order valence-electron chi connectivity index (χ3n) is 4.80. The molecule has 2 aromatic carbocycles. The van der Waals surface area contributed by atoms with Crippen molar-refractivity contribution in [1.29, 1.82) is 0 Å². The van der Waals surface area contributed by atoms with Gasteiger partial charge in [0.25, 0.3) is 0 Å². The van der Waals surface area contributed by atoms with Crippen molar-refractivity contribution in [3.8, 4) is 5.75 Å². The molecule has 25 heavy (non-hydrogen) atoms. The van der Waals surface area contributed by atoms with Crippen molar-refractivity contribution in [3.63, 3.8) is 0 Å². The second kappa shape index (κ2) is 9.62. The molecule has 2 unspecified atom stereocenters. The van der Waals surface area contributed by atoms with Gasteiger partial charge in [0.2, 0.25) is 0 Å². The normalized spacial score (nSPS) is 13.5. The van der Waals surface area contributed by atoms with Crippen LogP contribution in [0.5, 0.6) is 5.75 Å². The Bertz CT molecular complexity index is 646. The summed E-state index contributed by atoms with van der Waals surface area (Å²) in [6.45, 7) is 11.4. The number of benzene rings is 2. The van der Waals surface area contributed by atoms with Crippen LogP contribution in [0.15, 0.2) is 42.5 Å². The summed E-state index contributed by atoms with van der Waals surface area (Å²) in [6.07, 6.45) is 2.97. The summed E-state index contributed by atoms with van der Waals surface area (Å²) in [5.41, 5.74) is 5.45. The minimum atomic E-state index is -0.228. The Morgan fingerprint density at radius 3 is 2.32 bits per heavy atom. The summed E-state index contributed by atoms with van der Waals surface area (Å²) < 4.78 is 11.7. The summed E-state index contributed by atoms with van der Waals surface area (Å²) in [7, 11) is 0. The van der Waals surface area contributed by atoms with Crippen LogP contribution in [0.25, 0.3) is 0 Å². The van der Waals surface area contributed by atoms with Crippen molar-refractivity contribution in [2.45, 2.75) is 66.1 Å². The smallest absolute Gasteiger partial charge is 0.196 e. The molecule has 2 heteroatoms. The van der Waals surface area contributed by atoms with Gasteiger partial charge in [0.05, 0.1) is 6.61 Å². The van der Waals surface area contributed by atoms with E-state index in [2.05, 4.69) is 58.0 Å². The number of aryl methyl sites for hydroxylation is 3. The van der Waals surface area contributed by atoms with E-state index in [0.29, 0.717) is 12.5 Å². The molecule has 2 aromatic rings. The van der Waals surface area contributed by atoms with Crippen LogP contribution in [0.4, 0.5) is 0 Å². The first-order valence-electron chi connectivity index (χ1n) is 9.44. The molecular weight excluding hydrogens is 308 g/mol. The number of ether oxygens (including phenoxy) is 2. The molecule has 0 aliphatic heterocycles. The second-order valence-corrected chi connectivity index (χ2v) is 6.97. The predicted molar refractivity (Wildman–Crippen MR) is 105 cm³/mol. The summed E-state index contributed by atoms with van der Waals surface area (Å²) in [6, 6.07) is 15.0. The van der Waals surface area contributed by atoms with Crippen LogP contribution < -0.4 is 4.74 Å². The highest BCUT2D eigenvalue weighted by molar-refractivity contribution is 5.30. The Morgan fingerprint density at radius 1 is 0.960 bits per heavy atom. The lowest BCUT2D eigenvalue weighted by Gasteiger charge is -2.16. The number of hydrogen-bond donors (Lipinski definition) is 0. The number of rotatable bonds is 9. The van der Waals surface area contributed by atoms with Crippen LogP contribution >= 0.6 is 0 Å². The topological polar surface area (TPSA) is 18.5 Å². The summed E-state index contributed by atoms with van der Waals surface area (Å²) in [4.78, 5) is 0. The lowest BCUT2D eigenvalue weighted by atomic mass is 9.99. The molecule has 2 atom stereocenters. The van der Waals surface area contributed by atoms with Crippen LogP contribution in [0, 0.1) is 13.8 Å². The molecule has 0 aliphatic carbocycles. The molecule has 2 rings (SSSR count). The van der Waals surface area contributed by atoms with Gasteiger partial charge >= 0.3 is 0 Å². The van der Waals surface area contributed by atoms with Crippen LogP contribution in [-0.2, 0) is 11.2 Å². The Kier molecular flexibility index (Phi) is 7.52. The van der Waals surface area contributed by atoms with Gasteiger partial charge in [0, 0.05) is 0 Å². The van der Waals surface area contributed by atoms with E-state index in [4.69, 9.17) is 9.47 Å². The first-order valence-corrected chi connectivity index (χ1v) is 9.44. The summed E-state index contributed by atoms with van der Waals surface area (Å²) in [5.74, 6) is 1.46. The molecule has 0 radical (unpaired) electrons. The van der Waals surface area contributed by atoms with Gasteiger partial charge in [-0.05, 0) is 74.8 Å². The standard InChI is InChI=1S/C23H32O2/c1-6-18(3)22-11-13-23(14-12-22)25-20(5)24-15-7-8-21-10-9-17(2)16-19(21)4/h9-14,16,18,20H,6-8,15H2,1-5H3. The van der Waals surface area contributed by atoms with Crippen LogP contribution in [0.3, 0.4) is 0 Å². The zero-order valence-corrected chi connectivity index (χ0v) is 16.3. The van der Waals surface area contributed by atoms with E-state index in [1.165, 1.54) is 22.3 Å². The maximum atomic E-state index is 5.85. The maximum absolute atomic E-state index is 5.85. The highest BCUT2D eigenvalue weighted by Crippen LogP contribution is 2.22. The average Bonchev–Trinajstić information content (AvgIpc) is 2.60. The average molecular weight is 341 g/mol. The Labute approximate surface area is 153 Å². The van der Waals surface area contributed by atoms with Crippen LogP contribution in [0.1, 0.15) is 61.8 Å². The van der Waals surface area contributed by atoms with Crippen LogP contribution in [0.2, 0.25) is 0 Å². The van der Waals surface area contributed by atoms with Gasteiger partial charge < -0.3 is 9.47 Å². The Hall–Kier alpha value is -1.80. The van der Waals surface area contributed by atoms with Crippen molar-refractivity contribution in [2.75, 3.05) is 6.61 Å². The van der Waals surface area contributed by atoms with Crippen molar-refractivity contribution in [3.05, 3.63) is 64.7 Å². The van der Waals surface area contributed by atoms with E-state index in [9.17, 15) is 0 Å². The molecule has 0 spiro atoms. The predicted octanol–water partition coefficient (Wildman–Crippen LogP) is 6.19. The quantitative estimate of drug-likeness (QED) is 0.400. The molecule has 0 saturated carbocycles. The molecular formula is C23H32O2. The molecule has 0 aliphatic rings. The van der Waals surface area contributed by atoms with Crippen molar-refractivity contribution >= 4 is 0 Å². The first-order chi connectivity index (χ1) is 12.0. The van der Waals surface area contributed by atoms with Crippen molar-refractivity contribution in [1.82, 2.24) is 0 Å². The molecule has 0 bridgehead atoms. The van der Waals surface area contributed by atoms with Gasteiger partial charge in [0.1, 0.15) is 5.75 Å². The highest BCUT2D eigenvalue weighted by atomic mass is 16.7. The van der Waals surface area contributed by atoms with E-state index in [1.54, 1.807) is 0 Å². The highest BCUT2D eigenvalue weighted by Gasteiger charge is 2.07. The van der Waals surface area contributed by atoms with Gasteiger partial charge in [-0.3, -0.25) is 0 Å². The molecule has 0 heterocycles. The Balaban J connectivity index is 1.72. The van der Waals surface area contributed by atoms with E-state index < -0.39 is 0 Å². The van der Waals surface area contributed by atoms with Gasteiger partial charge in [-0.25, -0.2) is 0 Å². The molecule has 0 amide bonds. The van der Waals surface area contributed by atoms with E-state index in [0.717, 1.165) is 25.0 Å². The van der Waals surface area contributed by atoms with E-state index in [-0.39, 0.29) is 6.29 Å². The van der Waals surface area contributed by atoms with Crippen molar-refractivity contribution < 1.29 is 9.47 Å². The number of hydrogen-bond acceptors (Lipinski definition) is 2. The maximum Gasteiger partial charge on any atom is 0.196 e. The van der Waals surface area contributed by atoms with Crippen molar-refractivity contribution in [2.24, 2.45) is 0 Å². The molecule has 0 N–H and O–H groups in total. The third kappa shape index (κ3) is 6.21. The fourth-order valence-corrected chi connectivity index (χ4v) is 2.97. The lowest BCUT2D eigenvalue weighted by molar-refractivity contribution is -0.0672. The molecule has 2 nitrogen and oxygen atoms in total. The van der Waals surface area contributed by atoms with Gasteiger partial charge in [-0.1, -0.05) is 49.7 Å². The lowest BCUT2D eigenvalue weighted by Crippen LogP contribution is -2.17. The third-order valence-corrected chi connectivity index (χ3v) is 4.80. The van der Waals surface area contributed by atoms with Crippen LogP contribution in [-0.4, -0.2) is 12.9 Å². The summed E-state index contributed by atoms with van der Waals surface area (Å²) >= 11 is 0. The SMILES string of the molecule is CCC(C)c1ccc(OC(C)OCCCc2ccc(C)cc2C)cc1. The second-order valence-electron chi connectivity index (χ2n) is 6.97. The minimum Gasteiger partial charge on any atom is -0.465 e. The fourth-order valence-electron chi connectivity index (χ4n) is 2.97. The first kappa shape index (κ1) is 19.5. The molecule has 136 valence electrons. The van der Waals surface area contributed by atoms with Gasteiger partial charge in [0.15, 0.2) is 6.29 Å². The largest absolute Gasteiger partial charge is 0.465 e.